The second kappa shape index (κ2) is 7.25. The van der Waals surface area contributed by atoms with Crippen LogP contribution >= 0.6 is 0 Å². The fraction of sp³-hybridized carbons (Fsp3) is 0.217. The van der Waals surface area contributed by atoms with Gasteiger partial charge in [0, 0.05) is 17.6 Å². The lowest BCUT2D eigenvalue weighted by molar-refractivity contribution is 0.587. The lowest BCUT2D eigenvalue weighted by Gasteiger charge is -2.19. The molecular formula is C23H24N4O2S. The van der Waals surface area contributed by atoms with Crippen LogP contribution in [0.25, 0.3) is 16.6 Å². The maximum atomic E-state index is 13.0. The summed E-state index contributed by atoms with van der Waals surface area (Å²) in [5, 5.41) is 6.45. The summed E-state index contributed by atoms with van der Waals surface area (Å²) < 4.78 is 30.2. The molecule has 0 unspecified atom stereocenters. The van der Waals surface area contributed by atoms with Gasteiger partial charge >= 0.3 is 0 Å². The van der Waals surface area contributed by atoms with Crippen molar-refractivity contribution < 1.29 is 8.42 Å². The summed E-state index contributed by atoms with van der Waals surface area (Å²) in [5.41, 5.74) is 1.71. The number of rotatable bonds is 4. The molecule has 4 rings (SSSR count). The summed E-state index contributed by atoms with van der Waals surface area (Å²) >= 11 is 0. The molecule has 2 aromatic heterocycles. The molecule has 1 N–H and O–H groups in total. The molecule has 0 amide bonds. The maximum Gasteiger partial charge on any atom is 0.263 e. The van der Waals surface area contributed by atoms with Crippen molar-refractivity contribution in [2.24, 2.45) is 0 Å². The maximum absolute atomic E-state index is 13.0. The van der Waals surface area contributed by atoms with Gasteiger partial charge in [0.25, 0.3) is 10.0 Å². The Hall–Kier alpha value is -3.19. The highest BCUT2D eigenvalue weighted by Crippen LogP contribution is 2.25. The molecular weight excluding hydrogens is 396 g/mol. The zero-order valence-electron chi connectivity index (χ0n) is 17.4. The smallest absolute Gasteiger partial charge is 0.263 e. The van der Waals surface area contributed by atoms with Crippen LogP contribution in [-0.4, -0.2) is 23.2 Å². The van der Waals surface area contributed by atoms with E-state index in [1.54, 1.807) is 24.4 Å². The van der Waals surface area contributed by atoms with Crippen LogP contribution in [-0.2, 0) is 15.4 Å². The van der Waals surface area contributed by atoms with E-state index in [0.717, 1.165) is 16.3 Å². The number of hydrogen-bond donors (Lipinski definition) is 1. The van der Waals surface area contributed by atoms with E-state index in [9.17, 15) is 8.42 Å². The monoisotopic (exact) mass is 420 g/mol. The third kappa shape index (κ3) is 3.93. The summed E-state index contributed by atoms with van der Waals surface area (Å²) in [6, 6.07) is 18.4. The summed E-state index contributed by atoms with van der Waals surface area (Å²) in [5.74, 6) is 0.887. The molecule has 0 aliphatic rings. The fourth-order valence-electron chi connectivity index (χ4n) is 3.27. The first kappa shape index (κ1) is 20.1. The number of fused-ring (bicyclic) bond motifs is 1. The summed E-state index contributed by atoms with van der Waals surface area (Å²) in [6.45, 7) is 8.08. The van der Waals surface area contributed by atoms with Gasteiger partial charge in [0.2, 0.25) is 0 Å². The molecule has 0 spiro atoms. The van der Waals surface area contributed by atoms with Crippen LogP contribution in [0.4, 0.5) is 5.82 Å². The van der Waals surface area contributed by atoms with E-state index < -0.39 is 10.0 Å². The number of sulfonamides is 1. The number of pyridine rings is 1. The minimum atomic E-state index is -3.77. The number of hydrogen-bond acceptors (Lipinski definition) is 4. The number of nitrogens with one attached hydrogen (secondary N) is 1. The Morgan fingerprint density at radius 2 is 1.60 bits per heavy atom. The van der Waals surface area contributed by atoms with E-state index in [0.29, 0.717) is 17.3 Å². The van der Waals surface area contributed by atoms with Crippen LogP contribution in [0.1, 0.15) is 32.0 Å². The van der Waals surface area contributed by atoms with E-state index in [1.165, 1.54) is 4.68 Å². The lowest BCUT2D eigenvalue weighted by Crippen LogP contribution is -2.17. The van der Waals surface area contributed by atoms with Crippen LogP contribution in [0, 0.1) is 6.92 Å². The second-order valence-electron chi connectivity index (χ2n) is 8.35. The van der Waals surface area contributed by atoms with Gasteiger partial charge in [0.15, 0.2) is 5.82 Å². The van der Waals surface area contributed by atoms with Crippen molar-refractivity contribution in [3.8, 4) is 5.82 Å². The minimum Gasteiger partial charge on any atom is -0.263 e. The van der Waals surface area contributed by atoms with Crippen molar-refractivity contribution in [1.82, 2.24) is 14.8 Å². The molecule has 2 aromatic carbocycles. The third-order valence-electron chi connectivity index (χ3n) is 4.93. The normalized spacial score (nSPS) is 12.3. The van der Waals surface area contributed by atoms with Gasteiger partial charge in [-0.05, 0) is 41.5 Å². The van der Waals surface area contributed by atoms with Crippen LogP contribution in [0.2, 0.25) is 0 Å². The summed E-state index contributed by atoms with van der Waals surface area (Å²) in [6.07, 6.45) is 1.76. The molecule has 0 radical (unpaired) electrons. The highest BCUT2D eigenvalue weighted by atomic mass is 32.2. The van der Waals surface area contributed by atoms with E-state index in [1.807, 2.05) is 49.4 Å². The van der Waals surface area contributed by atoms with Crippen molar-refractivity contribution in [2.75, 3.05) is 4.72 Å². The van der Waals surface area contributed by atoms with Gasteiger partial charge in [-0.1, -0.05) is 57.2 Å². The van der Waals surface area contributed by atoms with Crippen molar-refractivity contribution in [3.05, 3.63) is 78.1 Å². The van der Waals surface area contributed by atoms with Crippen molar-refractivity contribution in [1.29, 1.82) is 0 Å². The van der Waals surface area contributed by atoms with E-state index in [4.69, 9.17) is 0 Å². The molecule has 0 fully saturated rings. The van der Waals surface area contributed by atoms with Crippen LogP contribution < -0.4 is 4.72 Å². The number of nitrogens with zero attached hydrogens (tertiary/aromatic N) is 3. The summed E-state index contributed by atoms with van der Waals surface area (Å²) in [4.78, 5) is 4.66. The van der Waals surface area contributed by atoms with Gasteiger partial charge in [-0.2, -0.15) is 9.78 Å². The average molecular weight is 421 g/mol. The van der Waals surface area contributed by atoms with E-state index in [2.05, 4.69) is 35.6 Å². The first-order chi connectivity index (χ1) is 14.1. The Labute approximate surface area is 176 Å². The Kier molecular flexibility index (Phi) is 4.86. The third-order valence-corrected chi connectivity index (χ3v) is 6.31. The molecule has 0 aliphatic carbocycles. The number of anilines is 1. The molecule has 30 heavy (non-hydrogen) atoms. The standard InChI is InChI=1S/C23H24N4O2S/c1-16-13-22(26-30(28,29)20-11-9-19(10-12-20)23(2,3)4)27(25-16)21-14-17-7-5-6-8-18(17)15-24-21/h5-15,26H,1-4H3. The van der Waals surface area contributed by atoms with Crippen molar-refractivity contribution in [2.45, 2.75) is 38.0 Å². The van der Waals surface area contributed by atoms with Crippen LogP contribution in [0.3, 0.4) is 0 Å². The second-order valence-corrected chi connectivity index (χ2v) is 10.0. The zero-order chi connectivity index (χ0) is 21.5. The molecule has 0 atom stereocenters. The highest BCUT2D eigenvalue weighted by Gasteiger charge is 2.20. The van der Waals surface area contributed by atoms with Gasteiger partial charge < -0.3 is 0 Å². The lowest BCUT2D eigenvalue weighted by atomic mass is 9.87. The van der Waals surface area contributed by atoms with Gasteiger partial charge in [0.05, 0.1) is 10.6 Å². The number of aromatic nitrogens is 3. The minimum absolute atomic E-state index is 0.0484. The first-order valence-corrected chi connectivity index (χ1v) is 11.2. The topological polar surface area (TPSA) is 76.9 Å². The first-order valence-electron chi connectivity index (χ1n) is 9.69. The fourth-order valence-corrected chi connectivity index (χ4v) is 4.30. The van der Waals surface area contributed by atoms with Crippen LogP contribution in [0.5, 0.6) is 0 Å². The quantitative estimate of drug-likeness (QED) is 0.513. The Morgan fingerprint density at radius 3 is 2.27 bits per heavy atom. The molecule has 0 saturated carbocycles. The zero-order valence-corrected chi connectivity index (χ0v) is 18.2. The predicted octanol–water partition coefficient (Wildman–Crippen LogP) is 4.83. The molecule has 4 aromatic rings. The van der Waals surface area contributed by atoms with E-state index in [-0.39, 0.29) is 10.3 Å². The Bertz CT molecular complexity index is 1320. The molecule has 6 nitrogen and oxygen atoms in total. The number of aryl methyl sites for hydroxylation is 1. The average Bonchev–Trinajstić information content (AvgIpc) is 3.06. The van der Waals surface area contributed by atoms with Gasteiger partial charge in [-0.15, -0.1) is 0 Å². The van der Waals surface area contributed by atoms with E-state index >= 15 is 0 Å². The molecule has 7 heteroatoms. The Morgan fingerprint density at radius 1 is 0.933 bits per heavy atom. The highest BCUT2D eigenvalue weighted by molar-refractivity contribution is 7.92. The largest absolute Gasteiger partial charge is 0.263 e. The van der Waals surface area contributed by atoms with Crippen LogP contribution in [0.15, 0.2) is 71.8 Å². The SMILES string of the molecule is Cc1cc(NS(=O)(=O)c2ccc(C(C)(C)C)cc2)n(-c2cc3ccccc3cn2)n1. The van der Waals surface area contributed by atoms with Gasteiger partial charge in [0.1, 0.15) is 5.82 Å². The molecule has 154 valence electrons. The molecule has 0 bridgehead atoms. The molecule has 0 saturated heterocycles. The van der Waals surface area contributed by atoms with Gasteiger partial charge in [-0.25, -0.2) is 13.4 Å². The molecule has 0 aliphatic heterocycles. The Balaban J connectivity index is 1.69. The van der Waals surface area contributed by atoms with Gasteiger partial charge in [-0.3, -0.25) is 4.72 Å². The summed E-state index contributed by atoms with van der Waals surface area (Å²) in [7, 11) is -3.77. The predicted molar refractivity (Wildman–Crippen MR) is 120 cm³/mol. The molecule has 2 heterocycles. The van der Waals surface area contributed by atoms with Crippen molar-refractivity contribution >= 4 is 26.6 Å². The number of benzene rings is 2. The van der Waals surface area contributed by atoms with Crippen molar-refractivity contribution in [3.63, 3.8) is 0 Å².